The van der Waals surface area contributed by atoms with Crippen molar-refractivity contribution in [1.29, 1.82) is 0 Å². The van der Waals surface area contributed by atoms with Crippen LogP contribution in [0.15, 0.2) is 42.6 Å². The van der Waals surface area contributed by atoms with Crippen LogP contribution in [0.2, 0.25) is 0 Å². The molecule has 1 aromatic carbocycles. The van der Waals surface area contributed by atoms with Gasteiger partial charge in [0.25, 0.3) is 5.91 Å². The molecule has 1 amide bonds. The Morgan fingerprint density at radius 1 is 1.13 bits per heavy atom. The van der Waals surface area contributed by atoms with Crippen LogP contribution < -0.4 is 4.74 Å². The van der Waals surface area contributed by atoms with Crippen molar-refractivity contribution in [1.82, 2.24) is 9.88 Å². The molecule has 1 aliphatic heterocycles. The van der Waals surface area contributed by atoms with Crippen molar-refractivity contribution in [3.05, 3.63) is 59.4 Å². The lowest BCUT2D eigenvalue weighted by molar-refractivity contribution is -0.0231. The zero-order chi connectivity index (χ0) is 21.3. The van der Waals surface area contributed by atoms with Crippen molar-refractivity contribution in [3.8, 4) is 5.75 Å². The number of hydrogen-bond acceptors (Lipinski definition) is 6. The Hall–Kier alpha value is -2.93. The third-order valence-electron chi connectivity index (χ3n) is 6.05. The third kappa shape index (κ3) is 4.16. The van der Waals surface area contributed by atoms with Crippen LogP contribution >= 0.6 is 0 Å². The van der Waals surface area contributed by atoms with Gasteiger partial charge in [0, 0.05) is 19.3 Å². The van der Waals surface area contributed by atoms with E-state index in [2.05, 4.69) is 4.98 Å². The molecule has 7 nitrogen and oxygen atoms in total. The quantitative estimate of drug-likeness (QED) is 0.779. The van der Waals surface area contributed by atoms with Gasteiger partial charge in [-0.1, -0.05) is 6.07 Å². The van der Waals surface area contributed by atoms with Crippen LogP contribution in [0.3, 0.4) is 0 Å². The minimum absolute atomic E-state index is 0.0640. The molecule has 30 heavy (non-hydrogen) atoms. The van der Waals surface area contributed by atoms with Gasteiger partial charge in [-0.05, 0) is 67.5 Å². The molecule has 0 spiro atoms. The summed E-state index contributed by atoms with van der Waals surface area (Å²) in [4.78, 5) is 30.6. The fourth-order valence-corrected chi connectivity index (χ4v) is 4.49. The smallest absolute Gasteiger partial charge is 0.337 e. The van der Waals surface area contributed by atoms with Crippen LogP contribution in [0, 0.1) is 18.8 Å². The van der Waals surface area contributed by atoms with E-state index in [1.165, 1.54) is 7.11 Å². The molecule has 1 aromatic heterocycles. The maximum absolute atomic E-state index is 12.9. The monoisotopic (exact) mass is 410 g/mol. The summed E-state index contributed by atoms with van der Waals surface area (Å²) in [5.41, 5.74) is 1.87. The molecule has 1 N–H and O–H groups in total. The summed E-state index contributed by atoms with van der Waals surface area (Å²) < 4.78 is 10.8. The number of nitrogens with zero attached hydrogens (tertiary/aromatic N) is 2. The van der Waals surface area contributed by atoms with E-state index in [0.717, 1.165) is 5.56 Å². The number of pyridine rings is 1. The fourth-order valence-electron chi connectivity index (χ4n) is 4.49. The number of fused-ring (bicyclic) bond motifs is 1. The van der Waals surface area contributed by atoms with Gasteiger partial charge in [0.05, 0.1) is 18.8 Å². The fraction of sp³-hybridized carbons (Fsp3) is 0.435. The van der Waals surface area contributed by atoms with E-state index in [9.17, 15) is 14.7 Å². The van der Waals surface area contributed by atoms with Gasteiger partial charge < -0.3 is 19.5 Å². The number of carbonyl (C=O) groups is 2. The Kier molecular flexibility index (Phi) is 5.72. The van der Waals surface area contributed by atoms with Crippen molar-refractivity contribution in [2.75, 3.05) is 20.2 Å². The normalized spacial score (nSPS) is 25.5. The van der Waals surface area contributed by atoms with Crippen LogP contribution in [0.4, 0.5) is 0 Å². The van der Waals surface area contributed by atoms with Crippen LogP contribution in [0.1, 0.15) is 39.3 Å². The topological polar surface area (TPSA) is 89.0 Å². The van der Waals surface area contributed by atoms with Crippen molar-refractivity contribution in [2.45, 2.75) is 32.0 Å². The number of methoxy groups -OCH3 is 1. The second-order valence-electron chi connectivity index (χ2n) is 8.16. The van der Waals surface area contributed by atoms with Gasteiger partial charge in [0.2, 0.25) is 0 Å². The van der Waals surface area contributed by atoms with E-state index >= 15 is 0 Å². The number of aliphatic hydroxyl groups excluding tert-OH is 1. The molecule has 4 rings (SSSR count). The van der Waals surface area contributed by atoms with E-state index in [1.54, 1.807) is 36.5 Å². The lowest BCUT2D eigenvalue weighted by atomic mass is 9.78. The summed E-state index contributed by atoms with van der Waals surface area (Å²) in [7, 11) is 1.33. The van der Waals surface area contributed by atoms with Gasteiger partial charge in [-0.25, -0.2) is 4.79 Å². The molecule has 2 fully saturated rings. The Balaban J connectivity index is 1.42. The summed E-state index contributed by atoms with van der Waals surface area (Å²) in [6.45, 7) is 3.20. The van der Waals surface area contributed by atoms with E-state index in [-0.39, 0.29) is 23.8 Å². The van der Waals surface area contributed by atoms with Gasteiger partial charge in [-0.3, -0.25) is 9.78 Å². The van der Waals surface area contributed by atoms with E-state index in [1.807, 2.05) is 17.9 Å². The number of esters is 1. The average Bonchev–Trinajstić information content (AvgIpc) is 3.15. The Labute approximate surface area is 175 Å². The predicted molar refractivity (Wildman–Crippen MR) is 109 cm³/mol. The second kappa shape index (κ2) is 8.44. The lowest BCUT2D eigenvalue weighted by Gasteiger charge is -2.35. The minimum Gasteiger partial charge on any atom is -0.488 e. The van der Waals surface area contributed by atoms with Crippen LogP contribution in [0.25, 0.3) is 0 Å². The van der Waals surface area contributed by atoms with Crippen molar-refractivity contribution in [3.63, 3.8) is 0 Å². The molecule has 158 valence electrons. The van der Waals surface area contributed by atoms with Gasteiger partial charge in [-0.15, -0.1) is 0 Å². The highest BCUT2D eigenvalue weighted by Gasteiger charge is 2.44. The number of aryl methyl sites for hydroxylation is 1. The van der Waals surface area contributed by atoms with Crippen LogP contribution in [-0.4, -0.2) is 59.3 Å². The first-order valence-electron chi connectivity index (χ1n) is 10.2. The van der Waals surface area contributed by atoms with E-state index < -0.39 is 12.1 Å². The lowest BCUT2D eigenvalue weighted by Crippen LogP contribution is -2.42. The second-order valence-corrected chi connectivity index (χ2v) is 8.16. The first-order chi connectivity index (χ1) is 14.4. The molecule has 2 heterocycles. The number of aromatic nitrogens is 1. The molecular formula is C23H26N2O5. The first kappa shape index (κ1) is 20.3. The predicted octanol–water partition coefficient (Wildman–Crippen LogP) is 2.47. The van der Waals surface area contributed by atoms with Gasteiger partial charge >= 0.3 is 5.97 Å². The molecule has 0 unspecified atom stereocenters. The summed E-state index contributed by atoms with van der Waals surface area (Å²) >= 11 is 0. The molecule has 1 aliphatic carbocycles. The summed E-state index contributed by atoms with van der Waals surface area (Å²) in [5, 5.41) is 10.6. The zero-order valence-corrected chi connectivity index (χ0v) is 17.2. The van der Waals surface area contributed by atoms with Crippen LogP contribution in [0.5, 0.6) is 5.75 Å². The van der Waals surface area contributed by atoms with Crippen molar-refractivity contribution >= 4 is 11.9 Å². The van der Waals surface area contributed by atoms with Gasteiger partial charge in [-0.2, -0.15) is 0 Å². The van der Waals surface area contributed by atoms with E-state index in [4.69, 9.17) is 9.47 Å². The summed E-state index contributed by atoms with van der Waals surface area (Å²) in [6.07, 6.45) is 1.88. The molecule has 1 saturated heterocycles. The minimum atomic E-state index is -0.625. The first-order valence-corrected chi connectivity index (χ1v) is 10.2. The number of carbonyl (C=O) groups excluding carboxylic acids is 2. The number of benzene rings is 1. The molecule has 2 aromatic rings. The summed E-state index contributed by atoms with van der Waals surface area (Å²) in [6, 6.07) is 10.4. The molecule has 0 radical (unpaired) electrons. The highest BCUT2D eigenvalue weighted by Crippen LogP contribution is 2.38. The molecule has 4 atom stereocenters. The zero-order valence-electron chi connectivity index (χ0n) is 17.2. The molecule has 2 aliphatic rings. The summed E-state index contributed by atoms with van der Waals surface area (Å²) in [5.74, 6) is 0.534. The molecular weight excluding hydrogens is 384 g/mol. The maximum atomic E-state index is 12.9. The number of rotatable bonds is 4. The maximum Gasteiger partial charge on any atom is 0.337 e. The highest BCUT2D eigenvalue weighted by atomic mass is 16.5. The highest BCUT2D eigenvalue weighted by molar-refractivity contribution is 5.92. The number of aliphatic hydroxyl groups is 1. The van der Waals surface area contributed by atoms with Crippen LogP contribution in [-0.2, 0) is 4.74 Å². The van der Waals surface area contributed by atoms with Gasteiger partial charge in [0.1, 0.15) is 17.5 Å². The molecule has 7 heteroatoms. The standard InChI is InChI=1S/C23H26N2O5/c1-14-6-7-24-19(8-14)22(27)25-12-16-10-20(26)21(11-17(16)13-25)30-18-5-3-4-15(9-18)23(28)29-2/h3-9,16-17,20-21,26H,10-13H2,1-2H3/t16-,17+,20+,21+/m0/s1. The van der Waals surface area contributed by atoms with Crippen molar-refractivity contribution in [2.24, 2.45) is 11.8 Å². The number of ether oxygens (including phenoxy) is 2. The molecule has 0 bridgehead atoms. The number of hydrogen-bond donors (Lipinski definition) is 1. The van der Waals surface area contributed by atoms with Crippen molar-refractivity contribution < 1.29 is 24.2 Å². The average molecular weight is 410 g/mol. The largest absolute Gasteiger partial charge is 0.488 e. The Bertz CT molecular complexity index is 947. The molecule has 1 saturated carbocycles. The number of likely N-dealkylation sites (tertiary alicyclic amines) is 1. The Morgan fingerprint density at radius 2 is 1.90 bits per heavy atom. The SMILES string of the molecule is COC(=O)c1cccc(O[C@@H]2C[C@@H]3CN(C(=O)c4cc(C)ccn4)C[C@@H]3C[C@H]2O)c1. The number of amides is 1. The van der Waals surface area contributed by atoms with E-state index in [0.29, 0.717) is 42.9 Å². The Morgan fingerprint density at radius 3 is 2.63 bits per heavy atom. The third-order valence-corrected chi connectivity index (χ3v) is 6.05. The van der Waals surface area contributed by atoms with Gasteiger partial charge in [0.15, 0.2) is 0 Å².